The molecule has 0 aliphatic heterocycles. The van der Waals surface area contributed by atoms with Crippen LogP contribution in [0.4, 0.5) is 18.9 Å². The van der Waals surface area contributed by atoms with Crippen LogP contribution in [0.15, 0.2) is 42.5 Å². The highest BCUT2D eigenvalue weighted by Crippen LogP contribution is 2.37. The predicted octanol–water partition coefficient (Wildman–Crippen LogP) is 4.48. The number of carbonyl (C=O) groups excluding carboxylic acids is 1. The van der Waals surface area contributed by atoms with Crippen molar-refractivity contribution in [2.75, 3.05) is 29.4 Å². The van der Waals surface area contributed by atoms with E-state index in [4.69, 9.17) is 11.6 Å². The van der Waals surface area contributed by atoms with Crippen molar-refractivity contribution in [2.24, 2.45) is 0 Å². The first-order valence-electron chi connectivity index (χ1n) is 9.13. The lowest BCUT2D eigenvalue weighted by molar-refractivity contribution is -0.137. The minimum atomic E-state index is -4.76. The Kier molecular flexibility index (Phi) is 8.67. The van der Waals surface area contributed by atoms with Gasteiger partial charge in [0, 0.05) is 18.1 Å². The van der Waals surface area contributed by atoms with Gasteiger partial charge in [-0.3, -0.25) is 9.10 Å². The van der Waals surface area contributed by atoms with E-state index in [1.54, 1.807) is 11.8 Å². The summed E-state index contributed by atoms with van der Waals surface area (Å²) in [5.41, 5.74) is 0.894. The number of sulfonamides is 1. The second kappa shape index (κ2) is 10.6. The minimum absolute atomic E-state index is 0.289. The number of nitrogens with zero attached hydrogens (tertiary/aromatic N) is 1. The highest BCUT2D eigenvalue weighted by Gasteiger charge is 2.34. The third-order valence-corrected chi connectivity index (χ3v) is 6.80. The zero-order valence-electron chi connectivity index (χ0n) is 16.9. The number of halogens is 4. The first-order valence-corrected chi connectivity index (χ1v) is 12.5. The number of anilines is 1. The number of hydrogen-bond donors (Lipinski definition) is 1. The second-order valence-corrected chi connectivity index (χ2v) is 10.2. The van der Waals surface area contributed by atoms with Crippen LogP contribution < -0.4 is 9.62 Å². The van der Waals surface area contributed by atoms with E-state index in [1.165, 1.54) is 11.1 Å². The van der Waals surface area contributed by atoms with E-state index in [1.807, 2.05) is 31.2 Å². The summed E-state index contributed by atoms with van der Waals surface area (Å²) >= 11 is 7.19. The molecule has 0 bridgehead atoms. The Bertz CT molecular complexity index is 1030. The van der Waals surface area contributed by atoms with E-state index >= 15 is 0 Å². The number of carbonyl (C=O) groups is 1. The number of benzene rings is 2. The largest absolute Gasteiger partial charge is 0.417 e. The fourth-order valence-corrected chi connectivity index (χ4v) is 4.70. The van der Waals surface area contributed by atoms with Crippen LogP contribution >= 0.6 is 23.4 Å². The molecule has 0 atom stereocenters. The van der Waals surface area contributed by atoms with Gasteiger partial charge in [0.05, 0.1) is 22.5 Å². The Morgan fingerprint density at radius 2 is 1.87 bits per heavy atom. The van der Waals surface area contributed by atoms with Crippen molar-refractivity contribution in [3.05, 3.63) is 64.2 Å². The Hall–Kier alpha value is -1.91. The zero-order chi connectivity index (χ0) is 23.2. The standard InChI is InChI=1S/C20H22ClF3N2O3S2/c1-14-5-3-4-6-15(14)13-30-10-9-25-19(27)12-26(31(2,28)29)16-7-8-18(21)17(11-16)20(22,23)24/h3-8,11H,9-10,12-13H2,1-2H3,(H,25,27). The van der Waals surface area contributed by atoms with E-state index in [9.17, 15) is 26.4 Å². The summed E-state index contributed by atoms with van der Waals surface area (Å²) in [5, 5.41) is 2.04. The van der Waals surface area contributed by atoms with Crippen LogP contribution in [0, 0.1) is 6.92 Å². The maximum Gasteiger partial charge on any atom is 0.417 e. The SMILES string of the molecule is Cc1ccccc1CSCCNC(=O)CN(c1ccc(Cl)c(C(F)(F)F)c1)S(C)(=O)=O. The molecule has 0 aromatic heterocycles. The average molecular weight is 495 g/mol. The van der Waals surface area contributed by atoms with Gasteiger partial charge in [0.1, 0.15) is 6.54 Å². The molecule has 0 fully saturated rings. The fraction of sp³-hybridized carbons (Fsp3) is 0.350. The Balaban J connectivity index is 1.97. The van der Waals surface area contributed by atoms with Crippen LogP contribution in [0.5, 0.6) is 0 Å². The van der Waals surface area contributed by atoms with Crippen molar-refractivity contribution in [1.29, 1.82) is 0 Å². The van der Waals surface area contributed by atoms with Crippen molar-refractivity contribution in [2.45, 2.75) is 18.9 Å². The lowest BCUT2D eigenvalue weighted by Crippen LogP contribution is -2.41. The molecule has 2 aromatic carbocycles. The summed E-state index contributed by atoms with van der Waals surface area (Å²) in [5.74, 6) is 0.742. The molecule has 0 radical (unpaired) electrons. The van der Waals surface area contributed by atoms with Crippen LogP contribution in [0.25, 0.3) is 0 Å². The van der Waals surface area contributed by atoms with Crippen molar-refractivity contribution < 1.29 is 26.4 Å². The summed E-state index contributed by atoms with van der Waals surface area (Å²) in [7, 11) is -4.01. The quantitative estimate of drug-likeness (QED) is 0.522. The van der Waals surface area contributed by atoms with Crippen molar-refractivity contribution in [3.63, 3.8) is 0 Å². The summed E-state index contributed by atoms with van der Waals surface area (Å²) in [4.78, 5) is 12.2. The monoisotopic (exact) mass is 494 g/mol. The Morgan fingerprint density at radius 3 is 2.48 bits per heavy atom. The van der Waals surface area contributed by atoms with Crippen molar-refractivity contribution in [1.82, 2.24) is 5.32 Å². The van der Waals surface area contributed by atoms with Gasteiger partial charge in [-0.05, 0) is 36.2 Å². The zero-order valence-corrected chi connectivity index (χ0v) is 19.3. The van der Waals surface area contributed by atoms with Gasteiger partial charge in [-0.1, -0.05) is 35.9 Å². The van der Waals surface area contributed by atoms with E-state index in [-0.39, 0.29) is 5.69 Å². The number of alkyl halides is 3. The summed E-state index contributed by atoms with van der Waals surface area (Å²) in [6.07, 6.45) is -3.94. The maximum atomic E-state index is 13.1. The van der Waals surface area contributed by atoms with Crippen LogP contribution in [-0.4, -0.2) is 39.4 Å². The molecule has 0 aliphatic rings. The molecule has 5 nitrogen and oxygen atoms in total. The summed E-state index contributed by atoms with van der Waals surface area (Å²) in [6.45, 7) is 1.67. The molecule has 0 saturated carbocycles. The van der Waals surface area contributed by atoms with E-state index in [0.29, 0.717) is 22.7 Å². The van der Waals surface area contributed by atoms with Gasteiger partial charge < -0.3 is 5.32 Å². The second-order valence-electron chi connectivity index (χ2n) is 6.76. The molecule has 0 saturated heterocycles. The van der Waals surface area contributed by atoms with Gasteiger partial charge in [-0.15, -0.1) is 0 Å². The normalized spacial score (nSPS) is 11.9. The molecule has 0 aliphatic carbocycles. The van der Waals surface area contributed by atoms with Crippen LogP contribution in [0.2, 0.25) is 5.02 Å². The molecular weight excluding hydrogens is 473 g/mol. The van der Waals surface area contributed by atoms with E-state index in [0.717, 1.165) is 24.1 Å². The lowest BCUT2D eigenvalue weighted by atomic mass is 10.1. The van der Waals surface area contributed by atoms with Crippen molar-refractivity contribution >= 4 is 45.0 Å². The number of hydrogen-bond acceptors (Lipinski definition) is 4. The van der Waals surface area contributed by atoms with Crippen LogP contribution in [0.3, 0.4) is 0 Å². The number of nitrogens with one attached hydrogen (secondary N) is 1. The molecule has 1 N–H and O–H groups in total. The highest BCUT2D eigenvalue weighted by molar-refractivity contribution is 7.98. The molecular formula is C20H22ClF3N2O3S2. The van der Waals surface area contributed by atoms with Gasteiger partial charge in [0.25, 0.3) is 0 Å². The summed E-state index contributed by atoms with van der Waals surface area (Å²) < 4.78 is 64.1. The third kappa shape index (κ3) is 7.62. The Morgan fingerprint density at radius 1 is 1.19 bits per heavy atom. The first kappa shape index (κ1) is 25.4. The third-order valence-electron chi connectivity index (χ3n) is 4.32. The van der Waals surface area contributed by atoms with Crippen LogP contribution in [-0.2, 0) is 26.7 Å². The average Bonchev–Trinajstić information content (AvgIpc) is 2.66. The molecule has 1 amide bonds. The molecule has 0 heterocycles. The highest BCUT2D eigenvalue weighted by atomic mass is 35.5. The van der Waals surface area contributed by atoms with E-state index < -0.39 is 39.2 Å². The predicted molar refractivity (Wildman–Crippen MR) is 119 cm³/mol. The lowest BCUT2D eigenvalue weighted by Gasteiger charge is -2.23. The fourth-order valence-electron chi connectivity index (χ4n) is 2.69. The van der Waals surface area contributed by atoms with E-state index in [2.05, 4.69) is 5.32 Å². The van der Waals surface area contributed by atoms with Crippen molar-refractivity contribution in [3.8, 4) is 0 Å². The number of aryl methyl sites for hydroxylation is 1. The van der Waals surface area contributed by atoms with Gasteiger partial charge in [-0.2, -0.15) is 24.9 Å². The minimum Gasteiger partial charge on any atom is -0.354 e. The molecule has 0 unspecified atom stereocenters. The molecule has 11 heteroatoms. The number of rotatable bonds is 9. The maximum absolute atomic E-state index is 13.1. The number of thioether (sulfide) groups is 1. The van der Waals surface area contributed by atoms with Gasteiger partial charge >= 0.3 is 6.18 Å². The molecule has 2 aromatic rings. The van der Waals surface area contributed by atoms with Gasteiger partial charge in [0.15, 0.2) is 0 Å². The summed E-state index contributed by atoms with van der Waals surface area (Å²) in [6, 6.07) is 10.6. The first-order chi connectivity index (χ1) is 14.4. The molecule has 31 heavy (non-hydrogen) atoms. The number of amides is 1. The van der Waals surface area contributed by atoms with Gasteiger partial charge in [-0.25, -0.2) is 8.42 Å². The molecule has 170 valence electrons. The molecule has 2 rings (SSSR count). The van der Waals surface area contributed by atoms with Crippen LogP contribution in [0.1, 0.15) is 16.7 Å². The molecule has 0 spiro atoms. The Labute approximate surface area is 189 Å². The van der Waals surface area contributed by atoms with Gasteiger partial charge in [0.2, 0.25) is 15.9 Å². The topological polar surface area (TPSA) is 66.5 Å². The smallest absolute Gasteiger partial charge is 0.354 e.